The molecule has 0 N–H and O–H groups in total. The summed E-state index contributed by atoms with van der Waals surface area (Å²) in [4.78, 5) is 5.92. The second kappa shape index (κ2) is 6.64. The lowest BCUT2D eigenvalue weighted by Gasteiger charge is -2.31. The highest BCUT2D eigenvalue weighted by Crippen LogP contribution is 2.28. The van der Waals surface area contributed by atoms with Gasteiger partial charge in [-0.2, -0.15) is 0 Å². The van der Waals surface area contributed by atoms with Gasteiger partial charge in [-0.25, -0.2) is 0 Å². The summed E-state index contributed by atoms with van der Waals surface area (Å²) < 4.78 is 5.15. The van der Waals surface area contributed by atoms with Crippen molar-refractivity contribution in [1.82, 2.24) is 5.06 Å². The van der Waals surface area contributed by atoms with E-state index >= 15 is 0 Å². The van der Waals surface area contributed by atoms with Gasteiger partial charge in [0, 0.05) is 13.1 Å². The molecule has 1 heterocycles. The van der Waals surface area contributed by atoms with Gasteiger partial charge in [0.25, 0.3) is 0 Å². The largest absolute Gasteiger partial charge is 0.497 e. The molecule has 0 bridgehead atoms. The average Bonchev–Trinajstić information content (AvgIpc) is 2.57. The number of methoxy groups -OCH3 is 1. The van der Waals surface area contributed by atoms with Crippen LogP contribution >= 0.6 is 0 Å². The Morgan fingerprint density at radius 2 is 1.48 bits per heavy atom. The molecule has 0 saturated carbocycles. The first kappa shape index (κ1) is 14.0. The Balaban J connectivity index is 1.53. The minimum absolute atomic E-state index is 0.655. The predicted molar refractivity (Wildman–Crippen MR) is 83.6 cm³/mol. The van der Waals surface area contributed by atoms with Gasteiger partial charge in [-0.1, -0.05) is 30.3 Å². The molecule has 0 amide bonds. The van der Waals surface area contributed by atoms with Crippen molar-refractivity contribution < 1.29 is 9.57 Å². The van der Waals surface area contributed by atoms with Crippen molar-refractivity contribution in [3.05, 3.63) is 60.2 Å². The van der Waals surface area contributed by atoms with E-state index in [4.69, 9.17) is 9.57 Å². The molecule has 1 saturated heterocycles. The molecule has 2 aromatic carbocycles. The van der Waals surface area contributed by atoms with E-state index in [9.17, 15) is 0 Å². The molecule has 3 nitrogen and oxygen atoms in total. The van der Waals surface area contributed by atoms with Crippen molar-refractivity contribution in [2.45, 2.75) is 18.8 Å². The third kappa shape index (κ3) is 3.56. The van der Waals surface area contributed by atoms with Gasteiger partial charge in [0.2, 0.25) is 0 Å². The molecule has 1 aliphatic heterocycles. The fourth-order valence-corrected chi connectivity index (χ4v) is 2.79. The fraction of sp³-hybridized carbons (Fsp3) is 0.333. The van der Waals surface area contributed by atoms with E-state index in [0.717, 1.165) is 37.4 Å². The van der Waals surface area contributed by atoms with E-state index in [2.05, 4.69) is 35.4 Å². The molecule has 0 aromatic heterocycles. The minimum atomic E-state index is 0.655. The monoisotopic (exact) mass is 283 g/mol. The lowest BCUT2D eigenvalue weighted by Crippen LogP contribution is -2.35. The van der Waals surface area contributed by atoms with E-state index in [1.54, 1.807) is 7.11 Å². The van der Waals surface area contributed by atoms with E-state index in [-0.39, 0.29) is 0 Å². The summed E-state index contributed by atoms with van der Waals surface area (Å²) >= 11 is 0. The Labute approximate surface area is 126 Å². The topological polar surface area (TPSA) is 21.7 Å². The molecule has 1 aliphatic rings. The summed E-state index contributed by atoms with van der Waals surface area (Å²) in [6.07, 6.45) is 2.28. The van der Waals surface area contributed by atoms with Crippen LogP contribution in [0.25, 0.3) is 0 Å². The molecular weight excluding hydrogens is 262 g/mol. The maximum absolute atomic E-state index is 5.92. The van der Waals surface area contributed by atoms with Crippen LogP contribution in [-0.4, -0.2) is 25.3 Å². The van der Waals surface area contributed by atoms with Crippen LogP contribution in [0.3, 0.4) is 0 Å². The summed E-state index contributed by atoms with van der Waals surface area (Å²) in [5, 5.41) is 2.06. The second-order valence-corrected chi connectivity index (χ2v) is 5.38. The normalized spacial score (nSPS) is 16.6. The van der Waals surface area contributed by atoms with E-state index in [0.29, 0.717) is 5.92 Å². The number of hydroxylamine groups is 2. The Kier molecular flexibility index (Phi) is 4.41. The Morgan fingerprint density at radius 1 is 0.857 bits per heavy atom. The smallest absolute Gasteiger partial charge is 0.147 e. The summed E-state index contributed by atoms with van der Waals surface area (Å²) in [5.41, 5.74) is 1.45. The third-order valence-corrected chi connectivity index (χ3v) is 4.02. The van der Waals surface area contributed by atoms with Crippen molar-refractivity contribution in [3.8, 4) is 11.5 Å². The number of nitrogens with zero attached hydrogens (tertiary/aromatic N) is 1. The zero-order valence-corrected chi connectivity index (χ0v) is 12.4. The van der Waals surface area contributed by atoms with Crippen LogP contribution in [0.1, 0.15) is 24.3 Å². The van der Waals surface area contributed by atoms with Crippen LogP contribution in [-0.2, 0) is 0 Å². The summed E-state index contributed by atoms with van der Waals surface area (Å²) in [7, 11) is 1.67. The number of ether oxygens (including phenoxy) is 1. The number of piperidine rings is 1. The lowest BCUT2D eigenvalue weighted by atomic mass is 9.90. The SMILES string of the molecule is COc1ccc(ON2CCC(c3ccccc3)CC2)cc1. The number of rotatable bonds is 4. The first-order chi connectivity index (χ1) is 10.3. The van der Waals surface area contributed by atoms with Gasteiger partial charge in [-0.05, 0) is 48.6 Å². The maximum atomic E-state index is 5.92. The van der Waals surface area contributed by atoms with Gasteiger partial charge in [0.1, 0.15) is 11.5 Å². The highest BCUT2D eigenvalue weighted by molar-refractivity contribution is 5.31. The average molecular weight is 283 g/mol. The fourth-order valence-electron chi connectivity index (χ4n) is 2.79. The van der Waals surface area contributed by atoms with Gasteiger partial charge in [-0.15, -0.1) is 5.06 Å². The molecule has 0 spiro atoms. The molecule has 0 radical (unpaired) electrons. The summed E-state index contributed by atoms with van der Waals surface area (Å²) in [6.45, 7) is 1.93. The van der Waals surface area contributed by atoms with E-state index in [1.165, 1.54) is 5.56 Å². The predicted octanol–water partition coefficient (Wildman–Crippen LogP) is 3.87. The van der Waals surface area contributed by atoms with Crippen LogP contribution in [0.15, 0.2) is 54.6 Å². The van der Waals surface area contributed by atoms with Gasteiger partial charge in [-0.3, -0.25) is 0 Å². The summed E-state index contributed by atoms with van der Waals surface area (Å²) in [6, 6.07) is 18.5. The molecular formula is C18H21NO2. The van der Waals surface area contributed by atoms with Gasteiger partial charge < -0.3 is 9.57 Å². The quantitative estimate of drug-likeness (QED) is 0.850. The Bertz CT molecular complexity index is 545. The van der Waals surface area contributed by atoms with Crippen LogP contribution in [0.2, 0.25) is 0 Å². The molecule has 0 aliphatic carbocycles. The van der Waals surface area contributed by atoms with Crippen LogP contribution in [0, 0.1) is 0 Å². The van der Waals surface area contributed by atoms with Crippen molar-refractivity contribution in [1.29, 1.82) is 0 Å². The number of hydrogen-bond donors (Lipinski definition) is 0. The Hall–Kier alpha value is -2.00. The van der Waals surface area contributed by atoms with Gasteiger partial charge in [0.15, 0.2) is 0 Å². The van der Waals surface area contributed by atoms with Crippen molar-refractivity contribution in [2.24, 2.45) is 0 Å². The van der Waals surface area contributed by atoms with Crippen molar-refractivity contribution >= 4 is 0 Å². The first-order valence-electron chi connectivity index (χ1n) is 7.47. The molecule has 0 atom stereocenters. The van der Waals surface area contributed by atoms with Gasteiger partial charge in [0.05, 0.1) is 7.11 Å². The molecule has 3 rings (SSSR count). The standard InChI is InChI=1S/C18H21NO2/c1-20-17-7-9-18(10-8-17)21-19-13-11-16(12-14-19)15-5-3-2-4-6-15/h2-10,16H,11-14H2,1H3. The van der Waals surface area contributed by atoms with E-state index in [1.807, 2.05) is 24.3 Å². The molecule has 0 unspecified atom stereocenters. The minimum Gasteiger partial charge on any atom is -0.497 e. The second-order valence-electron chi connectivity index (χ2n) is 5.38. The molecule has 3 heteroatoms. The van der Waals surface area contributed by atoms with Crippen LogP contribution < -0.4 is 9.57 Å². The first-order valence-corrected chi connectivity index (χ1v) is 7.47. The number of benzene rings is 2. The molecule has 1 fully saturated rings. The highest BCUT2D eigenvalue weighted by atomic mass is 16.7. The molecule has 2 aromatic rings. The van der Waals surface area contributed by atoms with E-state index < -0.39 is 0 Å². The Morgan fingerprint density at radius 3 is 2.10 bits per heavy atom. The zero-order chi connectivity index (χ0) is 14.5. The van der Waals surface area contributed by atoms with Gasteiger partial charge >= 0.3 is 0 Å². The van der Waals surface area contributed by atoms with Crippen molar-refractivity contribution in [2.75, 3.05) is 20.2 Å². The van der Waals surface area contributed by atoms with Crippen molar-refractivity contribution in [3.63, 3.8) is 0 Å². The molecule has 21 heavy (non-hydrogen) atoms. The van der Waals surface area contributed by atoms with Crippen LogP contribution in [0.4, 0.5) is 0 Å². The zero-order valence-electron chi connectivity index (χ0n) is 12.4. The third-order valence-electron chi connectivity index (χ3n) is 4.02. The lowest BCUT2D eigenvalue weighted by molar-refractivity contribution is -0.0756. The highest BCUT2D eigenvalue weighted by Gasteiger charge is 2.21. The number of hydrogen-bond acceptors (Lipinski definition) is 3. The summed E-state index contributed by atoms with van der Waals surface area (Å²) in [5.74, 6) is 2.38. The molecule has 110 valence electrons. The maximum Gasteiger partial charge on any atom is 0.147 e. The van der Waals surface area contributed by atoms with Crippen LogP contribution in [0.5, 0.6) is 11.5 Å².